The fraction of sp³-hybridized carbons (Fsp3) is 0.346. The van der Waals surface area contributed by atoms with Gasteiger partial charge in [-0.3, -0.25) is 14.4 Å². The highest BCUT2D eigenvalue weighted by molar-refractivity contribution is 5.94. The molecule has 1 N–H and O–H groups in total. The fourth-order valence-corrected chi connectivity index (χ4v) is 5.56. The van der Waals surface area contributed by atoms with Crippen molar-refractivity contribution < 1.29 is 18.0 Å². The number of carbonyl (C=O) groups is 1. The summed E-state index contributed by atoms with van der Waals surface area (Å²) in [5, 5.41) is 15.0. The summed E-state index contributed by atoms with van der Waals surface area (Å²) in [6.45, 7) is 1.99. The van der Waals surface area contributed by atoms with Crippen LogP contribution in [0.2, 0.25) is 0 Å². The number of H-pyrrole nitrogens is 1. The molecule has 9 nitrogen and oxygen atoms in total. The van der Waals surface area contributed by atoms with E-state index in [1.165, 1.54) is 11.2 Å². The number of amides is 1. The lowest BCUT2D eigenvalue weighted by atomic mass is 9.83. The van der Waals surface area contributed by atoms with Crippen molar-refractivity contribution in [3.8, 4) is 17.3 Å². The molecular formula is C26H23F3N8O. The molecule has 1 amide bonds. The van der Waals surface area contributed by atoms with Crippen molar-refractivity contribution in [1.29, 1.82) is 5.26 Å². The number of halogens is 3. The molecule has 0 aliphatic carbocycles. The zero-order chi connectivity index (χ0) is 26.4. The summed E-state index contributed by atoms with van der Waals surface area (Å²) in [6.07, 6.45) is 8.56. The van der Waals surface area contributed by atoms with Crippen molar-refractivity contribution in [3.05, 3.63) is 66.1 Å². The molecular weight excluding hydrogens is 497 g/mol. The molecule has 0 radical (unpaired) electrons. The zero-order valence-electron chi connectivity index (χ0n) is 20.2. The van der Waals surface area contributed by atoms with Gasteiger partial charge in [0.25, 0.3) is 5.91 Å². The third kappa shape index (κ3) is 3.90. The van der Waals surface area contributed by atoms with Crippen LogP contribution in [0.5, 0.6) is 0 Å². The number of nitrogens with one attached hydrogen (secondary N) is 1. The van der Waals surface area contributed by atoms with E-state index in [0.717, 1.165) is 34.4 Å². The Morgan fingerprint density at radius 3 is 2.68 bits per heavy atom. The molecule has 5 heterocycles. The van der Waals surface area contributed by atoms with Crippen molar-refractivity contribution in [2.45, 2.75) is 30.8 Å². The summed E-state index contributed by atoms with van der Waals surface area (Å²) in [7, 11) is 0. The van der Waals surface area contributed by atoms with Gasteiger partial charge in [0.15, 0.2) is 17.5 Å². The van der Waals surface area contributed by atoms with Crippen LogP contribution in [0.15, 0.2) is 43.1 Å². The van der Waals surface area contributed by atoms with Crippen LogP contribution in [0.25, 0.3) is 22.3 Å². The first-order chi connectivity index (χ1) is 18.4. The molecule has 12 heteroatoms. The monoisotopic (exact) mass is 520 g/mol. The Hall–Kier alpha value is -4.24. The summed E-state index contributed by atoms with van der Waals surface area (Å²) < 4.78 is 42.8. The predicted molar refractivity (Wildman–Crippen MR) is 130 cm³/mol. The van der Waals surface area contributed by atoms with Crippen molar-refractivity contribution in [2.75, 3.05) is 26.2 Å². The minimum atomic E-state index is -1.64. The summed E-state index contributed by atoms with van der Waals surface area (Å²) in [5.74, 6) is -5.07. The van der Waals surface area contributed by atoms with E-state index < -0.39 is 34.5 Å². The maximum Gasteiger partial charge on any atom is 0.256 e. The van der Waals surface area contributed by atoms with Crippen molar-refractivity contribution in [1.82, 2.24) is 34.5 Å². The number of hydrogen-bond acceptors (Lipinski definition) is 6. The van der Waals surface area contributed by atoms with E-state index in [2.05, 4.69) is 31.0 Å². The number of piperidine rings is 1. The molecule has 0 bridgehead atoms. The molecule has 6 rings (SSSR count). The summed E-state index contributed by atoms with van der Waals surface area (Å²) in [4.78, 5) is 28.2. The van der Waals surface area contributed by atoms with Crippen molar-refractivity contribution >= 4 is 16.9 Å². The first-order valence-electron chi connectivity index (χ1n) is 12.3. The topological polar surface area (TPSA) is 107 Å². The van der Waals surface area contributed by atoms with E-state index in [4.69, 9.17) is 0 Å². The molecule has 2 fully saturated rings. The third-order valence-electron chi connectivity index (χ3n) is 7.63. The van der Waals surface area contributed by atoms with E-state index >= 15 is 0 Å². The second-order valence-corrected chi connectivity index (χ2v) is 9.85. The second kappa shape index (κ2) is 9.25. The van der Waals surface area contributed by atoms with Crippen LogP contribution in [-0.4, -0.2) is 72.7 Å². The summed E-state index contributed by atoms with van der Waals surface area (Å²) >= 11 is 0. The first-order valence-corrected chi connectivity index (χ1v) is 12.3. The molecule has 194 valence electrons. The molecule has 0 spiro atoms. The molecule has 4 aromatic rings. The summed E-state index contributed by atoms with van der Waals surface area (Å²) in [6, 6.07) is 6.13. The second-order valence-electron chi connectivity index (χ2n) is 9.85. The van der Waals surface area contributed by atoms with Crippen LogP contribution in [-0.2, 0) is 5.54 Å². The lowest BCUT2D eigenvalue weighted by Crippen LogP contribution is -2.66. The standard InChI is InChI=1S/C26H23F3N8O/c27-20-2-1-18(21(28)22(20)29)25(38)35-9-4-17(5-10-35)36-13-26(14-36,6-7-30)37-12-16(11-34-37)23-19-3-8-31-24(19)33-15-32-23/h1-3,8,11-12,15,17H,4-6,9-10,13-14H2,(H,31,32,33). The highest BCUT2D eigenvalue weighted by atomic mass is 19.2. The number of rotatable bonds is 5. The Balaban J connectivity index is 1.12. The van der Waals surface area contributed by atoms with E-state index in [-0.39, 0.29) is 6.04 Å². The van der Waals surface area contributed by atoms with Gasteiger partial charge in [0.05, 0.1) is 29.9 Å². The Kier molecular flexibility index (Phi) is 5.87. The van der Waals surface area contributed by atoms with Crippen molar-refractivity contribution in [3.63, 3.8) is 0 Å². The highest BCUT2D eigenvalue weighted by Gasteiger charge is 2.48. The van der Waals surface area contributed by atoms with Gasteiger partial charge in [0.1, 0.15) is 17.5 Å². The van der Waals surface area contributed by atoms with E-state index in [1.807, 2.05) is 23.1 Å². The normalized spacial score (nSPS) is 17.9. The number of fused-ring (bicyclic) bond motifs is 1. The lowest BCUT2D eigenvalue weighted by Gasteiger charge is -2.53. The molecule has 2 aliphatic heterocycles. The van der Waals surface area contributed by atoms with Crippen LogP contribution in [0.1, 0.15) is 29.6 Å². The molecule has 0 atom stereocenters. The molecule has 0 unspecified atom stereocenters. The number of benzene rings is 1. The van der Waals surface area contributed by atoms with E-state index in [0.29, 0.717) is 45.4 Å². The maximum absolute atomic E-state index is 14.1. The van der Waals surface area contributed by atoms with Gasteiger partial charge < -0.3 is 9.88 Å². The van der Waals surface area contributed by atoms with Gasteiger partial charge >= 0.3 is 0 Å². The Labute approximate surface area is 215 Å². The first kappa shape index (κ1) is 24.1. The quantitative estimate of drug-likeness (QED) is 0.404. The number of nitrogens with zero attached hydrogens (tertiary/aromatic N) is 7. The largest absolute Gasteiger partial charge is 0.346 e. The van der Waals surface area contributed by atoms with Crippen LogP contribution < -0.4 is 0 Å². The number of aromatic nitrogens is 5. The summed E-state index contributed by atoms with van der Waals surface area (Å²) in [5.41, 5.74) is 1.40. The average molecular weight is 521 g/mol. The van der Waals surface area contributed by atoms with Gasteiger partial charge in [0.2, 0.25) is 0 Å². The molecule has 0 saturated carbocycles. The van der Waals surface area contributed by atoms with Crippen LogP contribution in [0, 0.1) is 28.8 Å². The molecule has 2 saturated heterocycles. The molecule has 38 heavy (non-hydrogen) atoms. The van der Waals surface area contributed by atoms with Gasteiger partial charge in [-0.25, -0.2) is 23.1 Å². The van der Waals surface area contributed by atoms with Crippen molar-refractivity contribution in [2.24, 2.45) is 0 Å². The smallest absolute Gasteiger partial charge is 0.256 e. The van der Waals surface area contributed by atoms with Gasteiger partial charge in [-0.1, -0.05) is 0 Å². The minimum absolute atomic E-state index is 0.178. The van der Waals surface area contributed by atoms with Crippen LogP contribution in [0.4, 0.5) is 13.2 Å². The molecule has 3 aromatic heterocycles. The number of hydrogen-bond donors (Lipinski definition) is 1. The molecule has 2 aliphatic rings. The van der Waals surface area contributed by atoms with Gasteiger partial charge in [-0.05, 0) is 31.0 Å². The SMILES string of the molecule is N#CCC1(n2cc(-c3ncnc4[nH]ccc34)cn2)CN(C2CCN(C(=O)c3ccc(F)c(F)c3F)CC2)C1. The third-order valence-corrected chi connectivity index (χ3v) is 7.63. The Bertz CT molecular complexity index is 1560. The van der Waals surface area contributed by atoms with Crippen LogP contribution in [0.3, 0.4) is 0 Å². The van der Waals surface area contributed by atoms with Crippen LogP contribution >= 0.6 is 0 Å². The minimum Gasteiger partial charge on any atom is -0.346 e. The Morgan fingerprint density at radius 1 is 1.13 bits per heavy atom. The number of nitriles is 1. The zero-order valence-corrected chi connectivity index (χ0v) is 20.2. The van der Waals surface area contributed by atoms with E-state index in [1.54, 1.807) is 6.20 Å². The van der Waals surface area contributed by atoms with E-state index in [9.17, 15) is 23.2 Å². The lowest BCUT2D eigenvalue weighted by molar-refractivity contribution is -0.0412. The Morgan fingerprint density at radius 2 is 1.92 bits per heavy atom. The predicted octanol–water partition coefficient (Wildman–Crippen LogP) is 3.47. The highest BCUT2D eigenvalue weighted by Crippen LogP contribution is 2.37. The number of carbonyl (C=O) groups excluding carboxylic acids is 1. The number of aromatic amines is 1. The maximum atomic E-state index is 14.1. The average Bonchev–Trinajstić information content (AvgIpc) is 3.59. The van der Waals surface area contributed by atoms with Gasteiger partial charge in [0, 0.05) is 55.6 Å². The molecule has 1 aromatic carbocycles. The van der Waals surface area contributed by atoms with Gasteiger partial charge in [-0.15, -0.1) is 0 Å². The fourth-order valence-electron chi connectivity index (χ4n) is 5.56. The van der Waals surface area contributed by atoms with Gasteiger partial charge in [-0.2, -0.15) is 10.4 Å². The number of likely N-dealkylation sites (tertiary alicyclic amines) is 2.